The molecule has 0 saturated carbocycles. The van der Waals surface area contributed by atoms with E-state index in [9.17, 15) is 18.0 Å². The lowest BCUT2D eigenvalue weighted by Gasteiger charge is -2.26. The van der Waals surface area contributed by atoms with Crippen molar-refractivity contribution in [3.63, 3.8) is 0 Å². The van der Waals surface area contributed by atoms with Gasteiger partial charge in [-0.2, -0.15) is 13.2 Å². The maximum absolute atomic E-state index is 13.6. The minimum absolute atomic E-state index is 0.0358. The number of hydrogen-bond donors (Lipinski definition) is 1. The Bertz CT molecular complexity index is 1110. The second-order valence-electron chi connectivity index (χ2n) is 8.62. The molecule has 0 spiro atoms. The first kappa shape index (κ1) is 25.9. The number of alkyl halides is 3. The third kappa shape index (κ3) is 7.39. The van der Waals surface area contributed by atoms with Crippen molar-refractivity contribution in [3.8, 4) is 0 Å². The fourth-order valence-corrected chi connectivity index (χ4v) is 4.11. The number of benzene rings is 2. The van der Waals surface area contributed by atoms with Gasteiger partial charge in [-0.3, -0.25) is 14.6 Å². The van der Waals surface area contributed by atoms with Crippen LogP contribution in [-0.4, -0.2) is 60.1 Å². The normalized spacial score (nSPS) is 14.8. The van der Waals surface area contributed by atoms with E-state index in [1.165, 1.54) is 18.4 Å². The van der Waals surface area contributed by atoms with Crippen molar-refractivity contribution in [2.24, 2.45) is 0 Å². The molecular formula is C26H29F3N4O3. The smallest absolute Gasteiger partial charge is 0.416 e. The first-order valence-corrected chi connectivity index (χ1v) is 11.8. The molecule has 2 heterocycles. The summed E-state index contributed by atoms with van der Waals surface area (Å²) >= 11 is 0. The number of aromatic nitrogens is 1. The Balaban J connectivity index is 1.42. The fraction of sp³-hybridized carbons (Fsp3) is 0.385. The standard InChI is InChI=1S/C26H29F3N4O3/c27-26(28,29)22-9-5-4-8-21(22)17-33(16-20-6-2-1-3-7-20)18-24-31-23(19-36-24)25(34)30-10-11-32-12-14-35-15-13-32/h1-9,19H,10-18H2,(H,30,34). The number of ether oxygens (including phenoxy) is 1. The third-order valence-corrected chi connectivity index (χ3v) is 5.93. The van der Waals surface area contributed by atoms with Crippen molar-refractivity contribution in [2.75, 3.05) is 39.4 Å². The van der Waals surface area contributed by atoms with Gasteiger partial charge in [0.2, 0.25) is 5.89 Å². The van der Waals surface area contributed by atoms with E-state index in [-0.39, 0.29) is 36.1 Å². The number of carbonyl (C=O) groups is 1. The Labute approximate surface area is 207 Å². The van der Waals surface area contributed by atoms with E-state index in [0.717, 1.165) is 24.7 Å². The minimum atomic E-state index is -4.45. The van der Waals surface area contributed by atoms with E-state index < -0.39 is 11.7 Å². The van der Waals surface area contributed by atoms with E-state index in [2.05, 4.69) is 15.2 Å². The van der Waals surface area contributed by atoms with Gasteiger partial charge in [0.05, 0.1) is 25.3 Å². The summed E-state index contributed by atoms with van der Waals surface area (Å²) in [5.74, 6) is -0.0935. The maximum Gasteiger partial charge on any atom is 0.416 e. The number of nitrogens with zero attached hydrogens (tertiary/aromatic N) is 3. The quantitative estimate of drug-likeness (QED) is 0.453. The lowest BCUT2D eigenvalue weighted by atomic mass is 10.1. The van der Waals surface area contributed by atoms with Gasteiger partial charge in [-0.15, -0.1) is 0 Å². The van der Waals surface area contributed by atoms with Gasteiger partial charge in [0, 0.05) is 39.3 Å². The van der Waals surface area contributed by atoms with Crippen molar-refractivity contribution in [2.45, 2.75) is 25.8 Å². The van der Waals surface area contributed by atoms with Crippen LogP contribution >= 0.6 is 0 Å². The summed E-state index contributed by atoms with van der Waals surface area (Å²) in [5, 5.41) is 2.83. The van der Waals surface area contributed by atoms with Crippen LogP contribution in [0.4, 0.5) is 13.2 Å². The van der Waals surface area contributed by atoms with Gasteiger partial charge in [0.15, 0.2) is 5.69 Å². The number of hydrogen-bond acceptors (Lipinski definition) is 6. The number of nitrogens with one attached hydrogen (secondary N) is 1. The average Bonchev–Trinajstić information content (AvgIpc) is 3.33. The SMILES string of the molecule is O=C(NCCN1CCOCC1)c1coc(CN(Cc2ccccc2)Cc2ccccc2C(F)(F)F)n1. The number of carbonyl (C=O) groups excluding carboxylic acids is 1. The van der Waals surface area contributed by atoms with Gasteiger partial charge >= 0.3 is 6.18 Å². The van der Waals surface area contributed by atoms with Crippen LogP contribution in [0.1, 0.15) is 33.1 Å². The van der Waals surface area contributed by atoms with Gasteiger partial charge in [-0.1, -0.05) is 48.5 Å². The van der Waals surface area contributed by atoms with Gasteiger partial charge in [0.25, 0.3) is 5.91 Å². The van der Waals surface area contributed by atoms with Crippen molar-refractivity contribution >= 4 is 5.91 Å². The molecule has 0 bridgehead atoms. The predicted molar refractivity (Wildman–Crippen MR) is 127 cm³/mol. The maximum atomic E-state index is 13.6. The first-order valence-electron chi connectivity index (χ1n) is 11.8. The summed E-state index contributed by atoms with van der Waals surface area (Å²) in [7, 11) is 0. The molecule has 1 saturated heterocycles. The summed E-state index contributed by atoms with van der Waals surface area (Å²) < 4.78 is 51.5. The number of amides is 1. The van der Waals surface area contributed by atoms with E-state index in [0.29, 0.717) is 32.8 Å². The van der Waals surface area contributed by atoms with E-state index in [1.54, 1.807) is 6.07 Å². The molecule has 10 heteroatoms. The molecule has 0 unspecified atom stereocenters. The molecule has 4 rings (SSSR count). The van der Waals surface area contributed by atoms with Crippen LogP contribution in [-0.2, 0) is 30.5 Å². The Kier molecular flexibility index (Phi) is 8.74. The van der Waals surface area contributed by atoms with Crippen molar-refractivity contribution < 1.29 is 27.1 Å². The molecule has 2 aromatic carbocycles. The summed E-state index contributed by atoms with van der Waals surface area (Å²) in [6.45, 7) is 4.78. The first-order chi connectivity index (χ1) is 17.4. The van der Waals surface area contributed by atoms with Crippen LogP contribution < -0.4 is 5.32 Å². The molecule has 0 radical (unpaired) electrons. The lowest BCUT2D eigenvalue weighted by Crippen LogP contribution is -2.41. The number of morpholine rings is 1. The number of oxazole rings is 1. The molecule has 1 fully saturated rings. The largest absolute Gasteiger partial charge is 0.447 e. The molecule has 1 aliphatic rings. The molecule has 36 heavy (non-hydrogen) atoms. The summed E-state index contributed by atoms with van der Waals surface area (Å²) in [4.78, 5) is 20.8. The van der Waals surface area contributed by atoms with Crippen LogP contribution in [0, 0.1) is 0 Å². The molecule has 192 valence electrons. The van der Waals surface area contributed by atoms with Crippen LogP contribution in [0.2, 0.25) is 0 Å². The van der Waals surface area contributed by atoms with E-state index in [1.807, 2.05) is 35.2 Å². The zero-order valence-corrected chi connectivity index (χ0v) is 19.8. The van der Waals surface area contributed by atoms with Gasteiger partial charge < -0.3 is 14.5 Å². The monoisotopic (exact) mass is 502 g/mol. The van der Waals surface area contributed by atoms with Gasteiger partial charge in [-0.25, -0.2) is 4.98 Å². The molecule has 1 N–H and O–H groups in total. The second-order valence-corrected chi connectivity index (χ2v) is 8.62. The number of halogens is 3. The van der Waals surface area contributed by atoms with E-state index in [4.69, 9.17) is 9.15 Å². The van der Waals surface area contributed by atoms with Crippen molar-refractivity contribution in [1.82, 2.24) is 20.1 Å². The molecule has 1 amide bonds. The molecular weight excluding hydrogens is 473 g/mol. The molecule has 1 aliphatic heterocycles. The Hall–Kier alpha value is -3.21. The highest BCUT2D eigenvalue weighted by atomic mass is 19.4. The zero-order chi connectivity index (χ0) is 25.4. The van der Waals surface area contributed by atoms with Gasteiger partial charge in [-0.05, 0) is 17.2 Å². The van der Waals surface area contributed by atoms with Crippen molar-refractivity contribution in [1.29, 1.82) is 0 Å². The summed E-state index contributed by atoms with van der Waals surface area (Å²) in [6.07, 6.45) is -3.17. The average molecular weight is 503 g/mol. The Morgan fingerprint density at radius 1 is 1.00 bits per heavy atom. The van der Waals surface area contributed by atoms with E-state index >= 15 is 0 Å². The highest BCUT2D eigenvalue weighted by molar-refractivity contribution is 5.91. The zero-order valence-electron chi connectivity index (χ0n) is 19.8. The molecule has 3 aromatic rings. The van der Waals surface area contributed by atoms with Crippen molar-refractivity contribution in [3.05, 3.63) is 89.1 Å². The summed E-state index contributed by atoms with van der Waals surface area (Å²) in [6, 6.07) is 15.0. The third-order valence-electron chi connectivity index (χ3n) is 5.93. The molecule has 1 aromatic heterocycles. The highest BCUT2D eigenvalue weighted by Crippen LogP contribution is 2.32. The minimum Gasteiger partial charge on any atom is -0.447 e. The lowest BCUT2D eigenvalue weighted by molar-refractivity contribution is -0.138. The second kappa shape index (κ2) is 12.2. The van der Waals surface area contributed by atoms with Crippen LogP contribution in [0.5, 0.6) is 0 Å². The predicted octanol–water partition coefficient (Wildman–Crippen LogP) is 3.96. The molecule has 7 nitrogen and oxygen atoms in total. The Morgan fingerprint density at radius 3 is 2.47 bits per heavy atom. The fourth-order valence-electron chi connectivity index (χ4n) is 4.11. The summed E-state index contributed by atoms with van der Waals surface area (Å²) in [5.41, 5.74) is 0.571. The highest BCUT2D eigenvalue weighted by Gasteiger charge is 2.33. The number of rotatable bonds is 10. The van der Waals surface area contributed by atoms with Crippen LogP contribution in [0.25, 0.3) is 0 Å². The van der Waals surface area contributed by atoms with Gasteiger partial charge in [0.1, 0.15) is 6.26 Å². The Morgan fingerprint density at radius 2 is 1.72 bits per heavy atom. The van der Waals surface area contributed by atoms with Crippen LogP contribution in [0.15, 0.2) is 65.3 Å². The topological polar surface area (TPSA) is 70.8 Å². The molecule has 0 atom stereocenters. The van der Waals surface area contributed by atoms with Crippen LogP contribution in [0.3, 0.4) is 0 Å². The molecule has 0 aliphatic carbocycles.